The number of nitrogens with zero attached hydrogens (tertiary/aromatic N) is 3. The fourth-order valence-electron chi connectivity index (χ4n) is 2.14. The molecule has 1 rings (SSSR count). The summed E-state index contributed by atoms with van der Waals surface area (Å²) in [6, 6.07) is 0. The molecule has 0 aromatic heterocycles. The van der Waals surface area contributed by atoms with Gasteiger partial charge in [0, 0.05) is 32.7 Å². The molecular formula is C14H30IN5. The van der Waals surface area contributed by atoms with E-state index in [0.717, 1.165) is 38.7 Å². The van der Waals surface area contributed by atoms with E-state index in [2.05, 4.69) is 46.0 Å². The van der Waals surface area contributed by atoms with Crippen LogP contribution in [-0.4, -0.2) is 75.2 Å². The summed E-state index contributed by atoms with van der Waals surface area (Å²) in [5.74, 6) is 0.884. The van der Waals surface area contributed by atoms with E-state index in [4.69, 9.17) is 0 Å². The highest BCUT2D eigenvalue weighted by Crippen LogP contribution is 2.00. The van der Waals surface area contributed by atoms with Crippen LogP contribution < -0.4 is 10.6 Å². The van der Waals surface area contributed by atoms with E-state index >= 15 is 0 Å². The Bertz CT molecular complexity index is 283. The number of halogens is 1. The van der Waals surface area contributed by atoms with E-state index < -0.39 is 0 Å². The van der Waals surface area contributed by atoms with Crippen molar-refractivity contribution >= 4 is 29.9 Å². The first-order valence-corrected chi connectivity index (χ1v) is 7.30. The van der Waals surface area contributed by atoms with Crippen LogP contribution in [0.4, 0.5) is 0 Å². The lowest BCUT2D eigenvalue weighted by molar-refractivity contribution is 0.283. The van der Waals surface area contributed by atoms with E-state index in [1.165, 1.54) is 26.1 Å². The van der Waals surface area contributed by atoms with Crippen molar-refractivity contribution in [2.24, 2.45) is 4.99 Å². The van der Waals surface area contributed by atoms with Crippen LogP contribution in [0.1, 0.15) is 13.3 Å². The van der Waals surface area contributed by atoms with Gasteiger partial charge in [-0.3, -0.25) is 4.99 Å². The van der Waals surface area contributed by atoms with E-state index in [1.807, 2.05) is 6.08 Å². The third-order valence-corrected chi connectivity index (χ3v) is 3.26. The minimum atomic E-state index is 0. The van der Waals surface area contributed by atoms with Crippen LogP contribution in [-0.2, 0) is 0 Å². The van der Waals surface area contributed by atoms with Crippen molar-refractivity contribution in [3.63, 3.8) is 0 Å². The van der Waals surface area contributed by atoms with E-state index in [9.17, 15) is 0 Å². The SMILES string of the molecule is C=CCNC(=NCCN1CCCN(C)CC1)NCC.I. The highest BCUT2D eigenvalue weighted by molar-refractivity contribution is 14.0. The maximum Gasteiger partial charge on any atom is 0.191 e. The van der Waals surface area contributed by atoms with Gasteiger partial charge in [-0.05, 0) is 33.5 Å². The molecule has 0 aliphatic carbocycles. The summed E-state index contributed by atoms with van der Waals surface area (Å²) in [5.41, 5.74) is 0. The Morgan fingerprint density at radius 3 is 2.75 bits per heavy atom. The molecule has 0 aromatic rings. The fraction of sp³-hybridized carbons (Fsp3) is 0.786. The lowest BCUT2D eigenvalue weighted by Crippen LogP contribution is -2.38. The Morgan fingerprint density at radius 2 is 2.05 bits per heavy atom. The first-order chi connectivity index (χ1) is 9.26. The van der Waals surface area contributed by atoms with E-state index in [0.29, 0.717) is 0 Å². The van der Waals surface area contributed by atoms with Gasteiger partial charge < -0.3 is 20.4 Å². The molecule has 6 heteroatoms. The molecule has 1 saturated heterocycles. The molecule has 1 aliphatic heterocycles. The van der Waals surface area contributed by atoms with E-state index in [1.54, 1.807) is 0 Å². The van der Waals surface area contributed by atoms with Crippen LogP contribution in [0.3, 0.4) is 0 Å². The van der Waals surface area contributed by atoms with Crippen molar-refractivity contribution in [1.29, 1.82) is 0 Å². The molecule has 1 fully saturated rings. The van der Waals surface area contributed by atoms with Crippen LogP contribution in [0, 0.1) is 0 Å². The summed E-state index contributed by atoms with van der Waals surface area (Å²) in [5, 5.41) is 6.46. The van der Waals surface area contributed by atoms with E-state index in [-0.39, 0.29) is 24.0 Å². The van der Waals surface area contributed by atoms with Crippen LogP contribution >= 0.6 is 24.0 Å². The fourth-order valence-corrected chi connectivity index (χ4v) is 2.14. The number of guanidine groups is 1. The third kappa shape index (κ3) is 8.76. The Hall–Kier alpha value is -0.340. The van der Waals surface area contributed by atoms with Crippen molar-refractivity contribution in [1.82, 2.24) is 20.4 Å². The monoisotopic (exact) mass is 395 g/mol. The van der Waals surface area contributed by atoms with Gasteiger partial charge in [0.2, 0.25) is 0 Å². The highest BCUT2D eigenvalue weighted by Gasteiger charge is 2.11. The second-order valence-electron chi connectivity index (χ2n) is 4.93. The van der Waals surface area contributed by atoms with Gasteiger partial charge in [0.15, 0.2) is 5.96 Å². The molecule has 0 spiro atoms. The minimum absolute atomic E-state index is 0. The number of hydrogen-bond acceptors (Lipinski definition) is 3. The van der Waals surface area contributed by atoms with Gasteiger partial charge in [-0.1, -0.05) is 6.08 Å². The zero-order chi connectivity index (χ0) is 13.9. The molecule has 5 nitrogen and oxygen atoms in total. The summed E-state index contributed by atoms with van der Waals surface area (Å²) < 4.78 is 0. The topological polar surface area (TPSA) is 42.9 Å². The van der Waals surface area contributed by atoms with Crippen LogP contribution in [0.5, 0.6) is 0 Å². The molecule has 118 valence electrons. The first-order valence-electron chi connectivity index (χ1n) is 7.30. The maximum atomic E-state index is 4.59. The van der Waals surface area contributed by atoms with Gasteiger partial charge in [0.25, 0.3) is 0 Å². The lowest BCUT2D eigenvalue weighted by Gasteiger charge is -2.19. The lowest BCUT2D eigenvalue weighted by atomic mass is 10.4. The molecule has 0 saturated carbocycles. The summed E-state index contributed by atoms with van der Waals surface area (Å²) in [6.07, 6.45) is 3.10. The molecule has 2 N–H and O–H groups in total. The summed E-state index contributed by atoms with van der Waals surface area (Å²) in [4.78, 5) is 9.49. The Morgan fingerprint density at radius 1 is 1.25 bits per heavy atom. The van der Waals surface area contributed by atoms with Crippen LogP contribution in [0.2, 0.25) is 0 Å². The van der Waals surface area contributed by atoms with Crippen molar-refractivity contribution in [3.05, 3.63) is 12.7 Å². The number of nitrogens with one attached hydrogen (secondary N) is 2. The quantitative estimate of drug-likeness (QED) is 0.305. The number of likely N-dealkylation sites (N-methyl/N-ethyl adjacent to an activating group) is 1. The van der Waals surface area contributed by atoms with Gasteiger partial charge in [-0.25, -0.2) is 0 Å². The molecule has 1 heterocycles. The predicted molar refractivity (Wildman–Crippen MR) is 98.1 cm³/mol. The average molecular weight is 395 g/mol. The molecule has 0 atom stereocenters. The summed E-state index contributed by atoms with van der Waals surface area (Å²) in [6.45, 7) is 14.0. The second kappa shape index (κ2) is 12.4. The molecule has 20 heavy (non-hydrogen) atoms. The van der Waals surface area contributed by atoms with Crippen LogP contribution in [0.25, 0.3) is 0 Å². The van der Waals surface area contributed by atoms with Crippen molar-refractivity contribution in [2.45, 2.75) is 13.3 Å². The zero-order valence-corrected chi connectivity index (χ0v) is 15.2. The van der Waals surface area contributed by atoms with Crippen molar-refractivity contribution < 1.29 is 0 Å². The zero-order valence-electron chi connectivity index (χ0n) is 12.9. The Labute approximate surface area is 140 Å². The largest absolute Gasteiger partial charge is 0.357 e. The molecule has 0 aromatic carbocycles. The van der Waals surface area contributed by atoms with Gasteiger partial charge >= 0.3 is 0 Å². The second-order valence-corrected chi connectivity index (χ2v) is 4.93. The number of aliphatic imine (C=N–C) groups is 1. The van der Waals surface area contributed by atoms with Gasteiger partial charge in [0.05, 0.1) is 6.54 Å². The molecule has 0 amide bonds. The predicted octanol–water partition coefficient (Wildman–Crippen LogP) is 0.983. The maximum absolute atomic E-state index is 4.59. The molecule has 1 aliphatic rings. The smallest absolute Gasteiger partial charge is 0.191 e. The summed E-state index contributed by atoms with van der Waals surface area (Å²) in [7, 11) is 2.20. The Kier molecular flexibility index (Phi) is 12.2. The van der Waals surface area contributed by atoms with Gasteiger partial charge in [0.1, 0.15) is 0 Å². The average Bonchev–Trinajstić information content (AvgIpc) is 2.61. The molecule has 0 bridgehead atoms. The first kappa shape index (κ1) is 19.7. The van der Waals surface area contributed by atoms with Crippen LogP contribution in [0.15, 0.2) is 17.6 Å². The third-order valence-electron chi connectivity index (χ3n) is 3.26. The van der Waals surface area contributed by atoms with Crippen molar-refractivity contribution in [2.75, 3.05) is 59.4 Å². The minimum Gasteiger partial charge on any atom is -0.357 e. The number of rotatable bonds is 6. The standard InChI is InChI=1S/C14H29N5.HI/c1-4-7-16-14(15-5-2)17-8-11-19-10-6-9-18(3)12-13-19;/h4H,1,5-13H2,2-3H3,(H2,15,16,17);1H. The van der Waals surface area contributed by atoms with Gasteiger partial charge in [-0.15, -0.1) is 30.6 Å². The Balaban J connectivity index is 0.00000361. The normalized spacial score (nSPS) is 18.0. The van der Waals surface area contributed by atoms with Crippen molar-refractivity contribution in [3.8, 4) is 0 Å². The molecule has 0 unspecified atom stereocenters. The molecule has 0 radical (unpaired) electrons. The molecular weight excluding hydrogens is 365 g/mol. The number of hydrogen-bond donors (Lipinski definition) is 2. The van der Waals surface area contributed by atoms with Gasteiger partial charge in [-0.2, -0.15) is 0 Å². The summed E-state index contributed by atoms with van der Waals surface area (Å²) >= 11 is 0. The highest BCUT2D eigenvalue weighted by atomic mass is 127.